The van der Waals surface area contributed by atoms with Gasteiger partial charge in [0.15, 0.2) is 12.4 Å². The summed E-state index contributed by atoms with van der Waals surface area (Å²) in [7, 11) is 0. The Hall–Kier alpha value is -3.69. The van der Waals surface area contributed by atoms with E-state index in [0.717, 1.165) is 25.5 Å². The second-order valence-corrected chi connectivity index (χ2v) is 7.88. The molecule has 10 nitrogen and oxygen atoms in total. The van der Waals surface area contributed by atoms with Crippen molar-refractivity contribution in [2.45, 2.75) is 45.6 Å². The van der Waals surface area contributed by atoms with Crippen LogP contribution in [0.4, 0.5) is 5.88 Å². The van der Waals surface area contributed by atoms with Crippen molar-refractivity contribution in [3.8, 4) is 5.75 Å². The maximum atomic E-state index is 12.4. The number of furan rings is 1. The monoisotopic (exact) mass is 442 g/mol. The second-order valence-electron chi connectivity index (χ2n) is 7.88. The average molecular weight is 442 g/mol. The molecule has 1 heterocycles. The van der Waals surface area contributed by atoms with Crippen LogP contribution in [-0.4, -0.2) is 35.6 Å². The minimum atomic E-state index is -0.835. The highest BCUT2D eigenvalue weighted by atomic mass is 16.6. The maximum Gasteiger partial charge on any atom is 0.433 e. The summed E-state index contributed by atoms with van der Waals surface area (Å²) in [6.07, 6.45) is 5.57. The van der Waals surface area contributed by atoms with E-state index in [2.05, 4.69) is 15.8 Å². The van der Waals surface area contributed by atoms with Gasteiger partial charge in [-0.25, -0.2) is 5.43 Å². The number of nitrogens with one attached hydrogen (secondary N) is 2. The summed E-state index contributed by atoms with van der Waals surface area (Å²) >= 11 is 0. The Bertz CT molecular complexity index is 1010. The predicted octanol–water partition coefficient (Wildman–Crippen LogP) is 2.74. The number of fused-ring (bicyclic) bond motifs is 1. The van der Waals surface area contributed by atoms with Crippen LogP contribution in [0.5, 0.6) is 5.75 Å². The van der Waals surface area contributed by atoms with E-state index in [9.17, 15) is 19.7 Å². The summed E-state index contributed by atoms with van der Waals surface area (Å²) in [4.78, 5) is 34.7. The molecule has 0 spiro atoms. The molecule has 0 fully saturated rings. The Kier molecular flexibility index (Phi) is 7.58. The third-order valence-electron chi connectivity index (χ3n) is 5.11. The number of carbonyl (C=O) groups excluding carboxylic acids is 2. The Morgan fingerprint density at radius 2 is 1.97 bits per heavy atom. The van der Waals surface area contributed by atoms with Gasteiger partial charge in [0.2, 0.25) is 0 Å². The van der Waals surface area contributed by atoms with E-state index in [1.165, 1.54) is 29.7 Å². The van der Waals surface area contributed by atoms with Crippen molar-refractivity contribution in [3.63, 3.8) is 0 Å². The highest BCUT2D eigenvalue weighted by Gasteiger charge is 2.24. The molecule has 0 saturated heterocycles. The average Bonchev–Trinajstić information content (AvgIpc) is 3.25. The number of nitrogens with zero attached hydrogens (tertiary/aromatic N) is 2. The number of hydrazone groups is 1. The van der Waals surface area contributed by atoms with Gasteiger partial charge in [0.25, 0.3) is 11.8 Å². The summed E-state index contributed by atoms with van der Waals surface area (Å²) in [6.45, 7) is 3.36. The molecule has 32 heavy (non-hydrogen) atoms. The van der Waals surface area contributed by atoms with Crippen LogP contribution in [0.25, 0.3) is 0 Å². The first kappa shape index (κ1) is 23.0. The molecule has 1 aromatic carbocycles. The molecule has 3 rings (SSSR count). The van der Waals surface area contributed by atoms with Crippen LogP contribution in [0.1, 0.15) is 43.6 Å². The zero-order valence-electron chi connectivity index (χ0n) is 18.0. The first-order valence-corrected chi connectivity index (χ1v) is 10.4. The first-order chi connectivity index (χ1) is 15.3. The van der Waals surface area contributed by atoms with Gasteiger partial charge in [-0.15, -0.1) is 0 Å². The van der Waals surface area contributed by atoms with E-state index in [-0.39, 0.29) is 18.3 Å². The molecule has 1 aliphatic carbocycles. The lowest BCUT2D eigenvalue weighted by molar-refractivity contribution is -0.402. The van der Waals surface area contributed by atoms with Crippen LogP contribution in [0.3, 0.4) is 0 Å². The molecule has 170 valence electrons. The molecule has 1 atom stereocenters. The van der Waals surface area contributed by atoms with Gasteiger partial charge in [0.05, 0.1) is 12.3 Å². The van der Waals surface area contributed by atoms with Gasteiger partial charge < -0.3 is 14.5 Å². The van der Waals surface area contributed by atoms with Crippen LogP contribution in [0.15, 0.2) is 39.9 Å². The Balaban J connectivity index is 1.51. The predicted molar refractivity (Wildman–Crippen MR) is 116 cm³/mol. The number of ether oxygens (including phenoxy) is 1. The van der Waals surface area contributed by atoms with Crippen LogP contribution in [-0.2, 0) is 22.4 Å². The molecule has 0 unspecified atom stereocenters. The molecular formula is C22H26N4O6. The number of aryl methyl sites for hydroxylation is 2. The minimum Gasteiger partial charge on any atom is -0.484 e. The number of amides is 2. The van der Waals surface area contributed by atoms with Crippen LogP contribution in [0, 0.1) is 16.0 Å². The van der Waals surface area contributed by atoms with Gasteiger partial charge in [-0.2, -0.15) is 5.10 Å². The van der Waals surface area contributed by atoms with Gasteiger partial charge in [0, 0.05) is 0 Å². The molecule has 1 aromatic heterocycles. The number of hydrogen-bond donors (Lipinski definition) is 2. The Labute approximate surface area is 185 Å². The largest absolute Gasteiger partial charge is 0.484 e. The highest BCUT2D eigenvalue weighted by Crippen LogP contribution is 2.25. The van der Waals surface area contributed by atoms with Crippen LogP contribution < -0.4 is 15.5 Å². The third-order valence-corrected chi connectivity index (χ3v) is 5.11. The molecule has 2 aromatic rings. The fourth-order valence-electron chi connectivity index (χ4n) is 3.44. The number of hydrogen-bond acceptors (Lipinski definition) is 7. The van der Waals surface area contributed by atoms with Crippen molar-refractivity contribution >= 4 is 23.9 Å². The van der Waals surface area contributed by atoms with E-state index in [1.807, 2.05) is 18.2 Å². The van der Waals surface area contributed by atoms with Gasteiger partial charge in [-0.3, -0.25) is 19.7 Å². The van der Waals surface area contributed by atoms with Crippen molar-refractivity contribution in [1.82, 2.24) is 10.7 Å². The number of rotatable bonds is 9. The fraction of sp³-hybridized carbons (Fsp3) is 0.409. The summed E-state index contributed by atoms with van der Waals surface area (Å²) in [5.41, 5.74) is 4.90. The SMILES string of the molecule is CC(C)[C@H](NC(=O)COc1ccc2c(c1)CCCC2)C(=O)NN=Cc1ccc([N+](=O)[O-])o1. The molecule has 2 amide bonds. The van der Waals surface area contributed by atoms with E-state index in [1.54, 1.807) is 13.8 Å². The molecule has 0 aliphatic heterocycles. The quantitative estimate of drug-likeness (QED) is 0.348. The van der Waals surface area contributed by atoms with E-state index in [0.29, 0.717) is 5.75 Å². The number of benzene rings is 1. The molecule has 0 radical (unpaired) electrons. The molecule has 1 aliphatic rings. The first-order valence-electron chi connectivity index (χ1n) is 10.4. The van der Waals surface area contributed by atoms with Crippen molar-refractivity contribution in [2.75, 3.05) is 6.61 Å². The summed E-state index contributed by atoms with van der Waals surface area (Å²) in [5.74, 6) is -0.850. The number of carbonyl (C=O) groups is 2. The molecule has 0 bridgehead atoms. The van der Waals surface area contributed by atoms with Gasteiger partial charge in [0.1, 0.15) is 16.7 Å². The molecular weight excluding hydrogens is 416 g/mol. The normalized spacial score (nSPS) is 14.1. The smallest absolute Gasteiger partial charge is 0.433 e. The van der Waals surface area contributed by atoms with Crippen molar-refractivity contribution < 1.29 is 23.7 Å². The van der Waals surface area contributed by atoms with Gasteiger partial charge >= 0.3 is 5.88 Å². The van der Waals surface area contributed by atoms with Crippen molar-refractivity contribution in [2.24, 2.45) is 11.0 Å². The zero-order valence-corrected chi connectivity index (χ0v) is 18.0. The van der Waals surface area contributed by atoms with Crippen molar-refractivity contribution in [1.29, 1.82) is 0 Å². The van der Waals surface area contributed by atoms with Crippen molar-refractivity contribution in [3.05, 3.63) is 57.3 Å². The summed E-state index contributed by atoms with van der Waals surface area (Å²) < 4.78 is 10.5. The lowest BCUT2D eigenvalue weighted by Gasteiger charge is -2.21. The standard InChI is InChI=1S/C22H26N4O6/c1-14(2)21(22(28)25-23-12-18-9-10-20(32-18)26(29)30)24-19(27)13-31-17-8-7-15-5-3-4-6-16(15)11-17/h7-12,14,21H,3-6,13H2,1-2H3,(H,24,27)(H,25,28)/t21-/m0/s1. The number of nitro groups is 1. The van der Waals surface area contributed by atoms with Gasteiger partial charge in [-0.1, -0.05) is 19.9 Å². The molecule has 0 saturated carbocycles. The Morgan fingerprint density at radius 1 is 1.22 bits per heavy atom. The topological polar surface area (TPSA) is 136 Å². The minimum absolute atomic E-state index is 0.112. The second kappa shape index (κ2) is 10.6. The Morgan fingerprint density at radius 3 is 2.66 bits per heavy atom. The lowest BCUT2D eigenvalue weighted by Crippen LogP contribution is -2.49. The summed E-state index contributed by atoms with van der Waals surface area (Å²) in [5, 5.41) is 17.0. The maximum absolute atomic E-state index is 12.4. The lowest BCUT2D eigenvalue weighted by atomic mass is 9.92. The molecule has 10 heteroatoms. The van der Waals surface area contributed by atoms with Crippen LogP contribution >= 0.6 is 0 Å². The fourth-order valence-corrected chi connectivity index (χ4v) is 3.44. The summed E-state index contributed by atoms with van der Waals surface area (Å²) in [6, 6.07) is 7.58. The zero-order chi connectivity index (χ0) is 23.1. The van der Waals surface area contributed by atoms with Crippen LogP contribution in [0.2, 0.25) is 0 Å². The van der Waals surface area contributed by atoms with Gasteiger partial charge in [-0.05, 0) is 60.9 Å². The highest BCUT2D eigenvalue weighted by molar-refractivity contribution is 5.89. The van der Waals surface area contributed by atoms with E-state index < -0.39 is 28.7 Å². The molecule has 2 N–H and O–H groups in total. The van der Waals surface area contributed by atoms with E-state index in [4.69, 9.17) is 9.15 Å². The van der Waals surface area contributed by atoms with E-state index >= 15 is 0 Å². The third kappa shape index (κ3) is 6.16.